The van der Waals surface area contributed by atoms with Crippen LogP contribution in [0.5, 0.6) is 0 Å². The van der Waals surface area contributed by atoms with E-state index in [1.54, 1.807) is 0 Å². The molecule has 126 valence electrons. The van der Waals surface area contributed by atoms with E-state index in [1.165, 1.54) is 24.8 Å². The topological polar surface area (TPSA) is 43.6 Å². The molecule has 0 unspecified atom stereocenters. The summed E-state index contributed by atoms with van der Waals surface area (Å²) in [5.41, 5.74) is 2.26. The summed E-state index contributed by atoms with van der Waals surface area (Å²) < 4.78 is 2.02. The maximum absolute atomic E-state index is 4.60. The average Bonchev–Trinajstić information content (AvgIpc) is 3.02. The number of aromatic nitrogens is 4. The van der Waals surface area contributed by atoms with Crippen LogP contribution in [0.4, 0.5) is 0 Å². The van der Waals surface area contributed by atoms with Gasteiger partial charge in [-0.2, -0.15) is 5.10 Å². The quantitative estimate of drug-likeness (QED) is 0.542. The first-order chi connectivity index (χ1) is 11.8. The van der Waals surface area contributed by atoms with E-state index in [-0.39, 0.29) is 0 Å². The molecule has 0 radical (unpaired) electrons. The number of hydrogen-bond acceptors (Lipinski definition) is 3. The van der Waals surface area contributed by atoms with Crippen LogP contribution in [0.3, 0.4) is 0 Å². The Morgan fingerprint density at radius 3 is 2.67 bits per heavy atom. The molecule has 0 amide bonds. The Kier molecular flexibility index (Phi) is 5.94. The summed E-state index contributed by atoms with van der Waals surface area (Å²) in [5, 5.41) is 5.64. The molecule has 1 aromatic carbocycles. The molecule has 0 aliphatic rings. The predicted molar refractivity (Wildman–Crippen MR) is 97.9 cm³/mol. The molecule has 2 aromatic heterocycles. The van der Waals surface area contributed by atoms with Crippen LogP contribution in [-0.4, -0.2) is 19.7 Å². The number of benzene rings is 1. The molecule has 0 N–H and O–H groups in total. The van der Waals surface area contributed by atoms with Crippen molar-refractivity contribution in [3.63, 3.8) is 0 Å². The highest BCUT2D eigenvalue weighted by atomic mass is 15.3. The molecule has 0 saturated carbocycles. The number of rotatable bonds is 9. The number of hydrogen-bond donors (Lipinski definition) is 0. The van der Waals surface area contributed by atoms with Gasteiger partial charge >= 0.3 is 0 Å². The predicted octanol–water partition coefficient (Wildman–Crippen LogP) is 4.58. The summed E-state index contributed by atoms with van der Waals surface area (Å²) in [6, 6.07) is 10.7. The lowest BCUT2D eigenvalue weighted by molar-refractivity contribution is 0.547. The van der Waals surface area contributed by atoms with Gasteiger partial charge in [0.1, 0.15) is 5.82 Å². The van der Waals surface area contributed by atoms with Crippen LogP contribution in [0.2, 0.25) is 0 Å². The summed E-state index contributed by atoms with van der Waals surface area (Å²) in [6.07, 6.45) is 12.0. The first-order valence-corrected chi connectivity index (χ1v) is 9.08. The van der Waals surface area contributed by atoms with E-state index < -0.39 is 0 Å². The molecule has 0 saturated heterocycles. The Morgan fingerprint density at radius 1 is 0.958 bits per heavy atom. The van der Waals surface area contributed by atoms with Gasteiger partial charge in [-0.05, 0) is 31.2 Å². The van der Waals surface area contributed by atoms with E-state index in [4.69, 9.17) is 0 Å². The number of unbranched alkanes of at least 4 members (excludes halogenated alkanes) is 3. The largest absolute Gasteiger partial charge is 0.270 e. The Balaban J connectivity index is 1.46. The molecular formula is C20H26N4. The van der Waals surface area contributed by atoms with Crippen LogP contribution in [0.25, 0.3) is 11.0 Å². The van der Waals surface area contributed by atoms with Gasteiger partial charge in [0, 0.05) is 25.4 Å². The molecule has 0 bridgehead atoms. The molecule has 4 nitrogen and oxygen atoms in total. The van der Waals surface area contributed by atoms with Gasteiger partial charge < -0.3 is 0 Å². The highest BCUT2D eigenvalue weighted by molar-refractivity contribution is 5.72. The van der Waals surface area contributed by atoms with Gasteiger partial charge in [-0.3, -0.25) is 4.68 Å². The Bertz CT molecular complexity index is 749. The minimum absolute atomic E-state index is 0.834. The second kappa shape index (κ2) is 8.57. The standard InChI is InChI=1S/C20H26N4/c1-2-3-13-19-21-15-18-16-24(23-20(18)22-19)14-9-5-8-12-17-10-6-4-7-11-17/h4,6-7,10-11,15-16H,2-3,5,8-9,12-14H2,1H3. The highest BCUT2D eigenvalue weighted by Crippen LogP contribution is 2.12. The Hall–Kier alpha value is -2.23. The molecule has 4 heteroatoms. The van der Waals surface area contributed by atoms with Crippen molar-refractivity contribution in [2.24, 2.45) is 0 Å². The van der Waals surface area contributed by atoms with Gasteiger partial charge in [0.05, 0.1) is 5.39 Å². The molecule has 3 aromatic rings. The van der Waals surface area contributed by atoms with Crippen LogP contribution in [0.1, 0.15) is 50.4 Å². The van der Waals surface area contributed by atoms with E-state index in [1.807, 2.05) is 10.9 Å². The van der Waals surface area contributed by atoms with Gasteiger partial charge in [0.15, 0.2) is 5.65 Å². The van der Waals surface area contributed by atoms with E-state index in [0.29, 0.717) is 0 Å². The number of aryl methyl sites for hydroxylation is 3. The van der Waals surface area contributed by atoms with Crippen LogP contribution in [-0.2, 0) is 19.4 Å². The van der Waals surface area contributed by atoms with Gasteiger partial charge in [0.2, 0.25) is 0 Å². The van der Waals surface area contributed by atoms with Crippen molar-refractivity contribution in [2.45, 2.75) is 58.4 Å². The smallest absolute Gasteiger partial charge is 0.184 e. The fourth-order valence-electron chi connectivity index (χ4n) is 2.89. The van der Waals surface area contributed by atoms with Gasteiger partial charge in [-0.15, -0.1) is 0 Å². The van der Waals surface area contributed by atoms with Crippen molar-refractivity contribution in [2.75, 3.05) is 0 Å². The minimum Gasteiger partial charge on any atom is -0.270 e. The molecule has 0 aliphatic heterocycles. The third-order valence-corrected chi connectivity index (χ3v) is 4.31. The summed E-state index contributed by atoms with van der Waals surface area (Å²) in [7, 11) is 0. The molecular weight excluding hydrogens is 296 g/mol. The fraction of sp³-hybridized carbons (Fsp3) is 0.450. The second-order valence-electron chi connectivity index (χ2n) is 6.36. The third kappa shape index (κ3) is 4.63. The maximum Gasteiger partial charge on any atom is 0.184 e. The zero-order valence-corrected chi connectivity index (χ0v) is 14.5. The van der Waals surface area contributed by atoms with Crippen molar-refractivity contribution < 1.29 is 0 Å². The van der Waals surface area contributed by atoms with E-state index in [9.17, 15) is 0 Å². The number of nitrogens with zero attached hydrogens (tertiary/aromatic N) is 4. The van der Waals surface area contributed by atoms with Gasteiger partial charge in [0.25, 0.3) is 0 Å². The number of fused-ring (bicyclic) bond motifs is 1. The molecule has 0 spiro atoms. The summed E-state index contributed by atoms with van der Waals surface area (Å²) >= 11 is 0. The Labute approximate surface area is 144 Å². The average molecular weight is 322 g/mol. The van der Waals surface area contributed by atoms with E-state index in [0.717, 1.165) is 49.1 Å². The van der Waals surface area contributed by atoms with Crippen molar-refractivity contribution in [3.8, 4) is 0 Å². The van der Waals surface area contributed by atoms with Crippen molar-refractivity contribution in [1.82, 2.24) is 19.7 Å². The minimum atomic E-state index is 0.834. The molecule has 2 heterocycles. The first-order valence-electron chi connectivity index (χ1n) is 9.08. The zero-order valence-electron chi connectivity index (χ0n) is 14.5. The van der Waals surface area contributed by atoms with Crippen molar-refractivity contribution >= 4 is 11.0 Å². The van der Waals surface area contributed by atoms with E-state index >= 15 is 0 Å². The van der Waals surface area contributed by atoms with Crippen LogP contribution in [0, 0.1) is 0 Å². The molecule has 3 rings (SSSR count). The monoisotopic (exact) mass is 322 g/mol. The summed E-state index contributed by atoms with van der Waals surface area (Å²) in [6.45, 7) is 3.14. The first kappa shape index (κ1) is 16.6. The highest BCUT2D eigenvalue weighted by Gasteiger charge is 2.05. The molecule has 24 heavy (non-hydrogen) atoms. The molecule has 0 aliphatic carbocycles. The summed E-state index contributed by atoms with van der Waals surface area (Å²) in [4.78, 5) is 9.01. The van der Waals surface area contributed by atoms with Crippen LogP contribution >= 0.6 is 0 Å². The van der Waals surface area contributed by atoms with Gasteiger partial charge in [-0.1, -0.05) is 50.1 Å². The lowest BCUT2D eigenvalue weighted by atomic mass is 10.1. The van der Waals surface area contributed by atoms with Gasteiger partial charge in [-0.25, -0.2) is 9.97 Å². The second-order valence-corrected chi connectivity index (χ2v) is 6.36. The van der Waals surface area contributed by atoms with Crippen molar-refractivity contribution in [3.05, 3.63) is 54.1 Å². The zero-order chi connectivity index (χ0) is 16.6. The van der Waals surface area contributed by atoms with E-state index in [2.05, 4.69) is 58.5 Å². The SMILES string of the molecule is CCCCc1ncc2cn(CCCCCc3ccccc3)nc2n1. The lowest BCUT2D eigenvalue weighted by Crippen LogP contribution is -1.99. The Morgan fingerprint density at radius 2 is 1.83 bits per heavy atom. The van der Waals surface area contributed by atoms with Crippen molar-refractivity contribution in [1.29, 1.82) is 0 Å². The summed E-state index contributed by atoms with van der Waals surface area (Å²) in [5.74, 6) is 0.914. The van der Waals surface area contributed by atoms with Crippen LogP contribution in [0.15, 0.2) is 42.7 Å². The fourth-order valence-corrected chi connectivity index (χ4v) is 2.89. The maximum atomic E-state index is 4.60. The third-order valence-electron chi connectivity index (χ3n) is 4.31. The normalized spacial score (nSPS) is 11.2. The molecule has 0 fully saturated rings. The molecule has 0 atom stereocenters. The lowest BCUT2D eigenvalue weighted by Gasteiger charge is -2.02. The van der Waals surface area contributed by atoms with Crippen LogP contribution < -0.4 is 0 Å².